The first kappa shape index (κ1) is 27.4. The number of benzene rings is 2. The molecule has 0 aliphatic carbocycles. The van der Waals surface area contributed by atoms with Crippen LogP contribution in [-0.2, 0) is 18.6 Å². The average molecular weight is 549 g/mol. The predicted octanol–water partition coefficient (Wildman–Crippen LogP) is 4.56. The van der Waals surface area contributed by atoms with E-state index in [0.717, 1.165) is 35.4 Å². The smallest absolute Gasteiger partial charge is 0.252 e. The maximum absolute atomic E-state index is 13.4. The Hall–Kier alpha value is -4.12. The van der Waals surface area contributed by atoms with Gasteiger partial charge >= 0.3 is 0 Å². The Bertz CT molecular complexity index is 1560. The molecule has 212 valence electrons. The molecule has 11 heteroatoms. The van der Waals surface area contributed by atoms with E-state index in [4.69, 9.17) is 18.9 Å². The Labute approximate surface area is 233 Å². The molecule has 2 aromatic carbocycles. The lowest BCUT2D eigenvalue weighted by Crippen LogP contribution is -2.36. The largest absolute Gasteiger partial charge is 0.493 e. The van der Waals surface area contributed by atoms with E-state index in [-0.39, 0.29) is 23.9 Å². The summed E-state index contributed by atoms with van der Waals surface area (Å²) in [6.45, 7) is 9.59. The zero-order valence-electron chi connectivity index (χ0n) is 23.9. The highest BCUT2D eigenvalue weighted by Crippen LogP contribution is 2.36. The van der Waals surface area contributed by atoms with Crippen LogP contribution in [0, 0.1) is 0 Å². The molecule has 0 fully saturated rings. The lowest BCUT2D eigenvalue weighted by Gasteiger charge is -2.33. The number of aromatic amines is 1. The van der Waals surface area contributed by atoms with Gasteiger partial charge in [-0.05, 0) is 66.9 Å². The molecule has 11 nitrogen and oxygen atoms in total. The first-order valence-electron chi connectivity index (χ1n) is 13.5. The standard InChI is InChI=1S/C29H36N6O5/c1-7-22(27-31-32-33-35(27)29(3,4)8-2)34(15-18-9-10-23-26(11-18)40-17-39-23)16-20-12-19-13-24(37-5)25(38-6)14-21(19)30-28(20)36/h9-14,22H,7-8,15-17H2,1-6H3,(H,30,36)/t22-/m1/s1. The molecule has 2 aromatic heterocycles. The Morgan fingerprint density at radius 2 is 1.80 bits per heavy atom. The van der Waals surface area contributed by atoms with Gasteiger partial charge in [-0.25, -0.2) is 4.68 Å². The summed E-state index contributed by atoms with van der Waals surface area (Å²) in [5, 5.41) is 13.7. The van der Waals surface area contributed by atoms with Crippen molar-refractivity contribution in [1.82, 2.24) is 30.1 Å². The number of hydrogen-bond acceptors (Lipinski definition) is 9. The first-order chi connectivity index (χ1) is 19.3. The number of pyridine rings is 1. The molecule has 1 aliphatic heterocycles. The van der Waals surface area contributed by atoms with Crippen molar-refractivity contribution in [2.45, 2.75) is 65.2 Å². The van der Waals surface area contributed by atoms with Gasteiger partial charge in [0.1, 0.15) is 0 Å². The Kier molecular flexibility index (Phi) is 7.66. The molecule has 1 atom stereocenters. The van der Waals surface area contributed by atoms with Crippen LogP contribution in [-0.4, -0.2) is 51.1 Å². The summed E-state index contributed by atoms with van der Waals surface area (Å²) in [6, 6.07) is 11.3. The van der Waals surface area contributed by atoms with Crippen molar-refractivity contribution in [2.75, 3.05) is 21.0 Å². The van der Waals surface area contributed by atoms with Crippen molar-refractivity contribution in [2.24, 2.45) is 0 Å². The number of H-pyrrole nitrogens is 1. The molecule has 0 unspecified atom stereocenters. The van der Waals surface area contributed by atoms with Crippen molar-refractivity contribution in [3.8, 4) is 23.0 Å². The zero-order chi connectivity index (χ0) is 28.4. The Balaban J connectivity index is 1.57. The summed E-state index contributed by atoms with van der Waals surface area (Å²) < 4.78 is 24.0. The minimum absolute atomic E-state index is 0.160. The number of tetrazole rings is 1. The second-order valence-corrected chi connectivity index (χ2v) is 10.5. The molecule has 0 saturated carbocycles. The zero-order valence-corrected chi connectivity index (χ0v) is 23.9. The fraction of sp³-hybridized carbons (Fsp3) is 0.448. The van der Waals surface area contributed by atoms with Crippen LogP contribution in [0.3, 0.4) is 0 Å². The predicted molar refractivity (Wildman–Crippen MR) is 150 cm³/mol. The molecule has 1 aliphatic rings. The molecule has 1 N–H and O–H groups in total. The number of ether oxygens (including phenoxy) is 4. The quantitative estimate of drug-likeness (QED) is 0.288. The third-order valence-electron chi connectivity index (χ3n) is 7.68. The Morgan fingerprint density at radius 3 is 2.52 bits per heavy atom. The van der Waals surface area contributed by atoms with Gasteiger partial charge in [-0.3, -0.25) is 9.69 Å². The van der Waals surface area contributed by atoms with Gasteiger partial charge in [-0.2, -0.15) is 0 Å². The summed E-state index contributed by atoms with van der Waals surface area (Å²) in [5.74, 6) is 3.36. The van der Waals surface area contributed by atoms with Crippen LogP contribution in [0.1, 0.15) is 63.5 Å². The van der Waals surface area contributed by atoms with Gasteiger partial charge in [0.15, 0.2) is 28.8 Å². The number of fused-ring (bicyclic) bond motifs is 2. The highest BCUT2D eigenvalue weighted by Gasteiger charge is 2.31. The third-order valence-corrected chi connectivity index (χ3v) is 7.68. The van der Waals surface area contributed by atoms with Crippen LogP contribution in [0.15, 0.2) is 41.2 Å². The third kappa shape index (κ3) is 5.21. The van der Waals surface area contributed by atoms with Crippen LogP contribution in [0.4, 0.5) is 0 Å². The lowest BCUT2D eigenvalue weighted by atomic mass is 10.0. The van der Waals surface area contributed by atoms with Crippen LogP contribution >= 0.6 is 0 Å². The number of methoxy groups -OCH3 is 2. The molecule has 0 bridgehead atoms. The second-order valence-electron chi connectivity index (χ2n) is 10.5. The molecular weight excluding hydrogens is 512 g/mol. The molecule has 3 heterocycles. The second kappa shape index (κ2) is 11.2. The minimum atomic E-state index is -0.271. The normalized spacial score (nSPS) is 13.7. The van der Waals surface area contributed by atoms with Gasteiger partial charge in [-0.15, -0.1) is 5.10 Å². The molecule has 0 amide bonds. The van der Waals surface area contributed by atoms with Gasteiger partial charge in [0.2, 0.25) is 6.79 Å². The number of nitrogens with one attached hydrogen (secondary N) is 1. The summed E-state index contributed by atoms with van der Waals surface area (Å²) in [5.41, 5.74) is 1.88. The van der Waals surface area contributed by atoms with Gasteiger partial charge in [0.05, 0.1) is 31.3 Å². The van der Waals surface area contributed by atoms with E-state index >= 15 is 0 Å². The van der Waals surface area contributed by atoms with Crippen molar-refractivity contribution in [1.29, 1.82) is 0 Å². The SMILES string of the molecule is CC[C@H](c1nnnn1C(C)(C)CC)N(Cc1ccc2c(c1)OCO2)Cc1cc2cc(OC)c(OC)cc2[nH]c1=O. The summed E-state index contributed by atoms with van der Waals surface area (Å²) in [7, 11) is 3.17. The van der Waals surface area contributed by atoms with Gasteiger partial charge in [0, 0.05) is 30.1 Å². The van der Waals surface area contributed by atoms with E-state index in [9.17, 15) is 4.79 Å². The van der Waals surface area contributed by atoms with Gasteiger partial charge < -0.3 is 23.9 Å². The van der Waals surface area contributed by atoms with Crippen molar-refractivity contribution < 1.29 is 18.9 Å². The van der Waals surface area contributed by atoms with E-state index in [1.165, 1.54) is 0 Å². The van der Waals surface area contributed by atoms with Crippen LogP contribution in [0.25, 0.3) is 10.9 Å². The van der Waals surface area contributed by atoms with Crippen molar-refractivity contribution in [3.63, 3.8) is 0 Å². The highest BCUT2D eigenvalue weighted by atomic mass is 16.7. The van der Waals surface area contributed by atoms with Crippen LogP contribution < -0.4 is 24.5 Å². The first-order valence-corrected chi connectivity index (χ1v) is 13.5. The van der Waals surface area contributed by atoms with Crippen LogP contribution in [0.2, 0.25) is 0 Å². The number of nitrogens with zero attached hydrogens (tertiary/aromatic N) is 5. The van der Waals surface area contributed by atoms with Gasteiger partial charge in [-0.1, -0.05) is 19.9 Å². The van der Waals surface area contributed by atoms with E-state index in [0.29, 0.717) is 41.4 Å². The summed E-state index contributed by atoms with van der Waals surface area (Å²) in [4.78, 5) is 18.6. The monoisotopic (exact) mass is 548 g/mol. The van der Waals surface area contributed by atoms with Crippen LogP contribution in [0.5, 0.6) is 23.0 Å². The molecule has 0 saturated heterocycles. The van der Waals surface area contributed by atoms with Crippen molar-refractivity contribution >= 4 is 10.9 Å². The maximum Gasteiger partial charge on any atom is 0.252 e. The van der Waals surface area contributed by atoms with Gasteiger partial charge in [0.25, 0.3) is 5.56 Å². The molecule has 4 aromatic rings. The number of rotatable bonds is 11. The molecular formula is C29H36N6O5. The summed E-state index contributed by atoms with van der Waals surface area (Å²) in [6.07, 6.45) is 1.60. The molecule has 0 spiro atoms. The van der Waals surface area contributed by atoms with E-state index in [1.807, 2.05) is 35.0 Å². The minimum Gasteiger partial charge on any atom is -0.493 e. The molecule has 40 heavy (non-hydrogen) atoms. The van der Waals surface area contributed by atoms with E-state index < -0.39 is 0 Å². The fourth-order valence-corrected chi connectivity index (χ4v) is 5.05. The maximum atomic E-state index is 13.4. The fourth-order valence-electron chi connectivity index (χ4n) is 5.05. The highest BCUT2D eigenvalue weighted by molar-refractivity contribution is 5.83. The lowest BCUT2D eigenvalue weighted by molar-refractivity contribution is 0.150. The topological polar surface area (TPSA) is 117 Å². The Morgan fingerprint density at radius 1 is 1.05 bits per heavy atom. The number of hydrogen-bond donors (Lipinski definition) is 1. The molecule has 0 radical (unpaired) electrons. The number of aromatic nitrogens is 5. The van der Waals surface area contributed by atoms with E-state index in [1.54, 1.807) is 20.3 Å². The van der Waals surface area contributed by atoms with E-state index in [2.05, 4.69) is 53.1 Å². The van der Waals surface area contributed by atoms with Crippen molar-refractivity contribution in [3.05, 3.63) is 63.7 Å². The average Bonchev–Trinajstić information content (AvgIpc) is 3.63. The summed E-state index contributed by atoms with van der Waals surface area (Å²) >= 11 is 0. The molecule has 5 rings (SSSR count).